The van der Waals surface area contributed by atoms with Crippen LogP contribution in [0.1, 0.15) is 29.7 Å². The molecule has 20 heavy (non-hydrogen) atoms. The molecule has 0 aliphatic rings. The average molecular weight is 340 g/mol. The summed E-state index contributed by atoms with van der Waals surface area (Å²) in [6.45, 7) is 4.50. The zero-order valence-electron chi connectivity index (χ0n) is 11.4. The van der Waals surface area contributed by atoms with Crippen LogP contribution >= 0.6 is 15.9 Å². The minimum absolute atomic E-state index is 0.294. The summed E-state index contributed by atoms with van der Waals surface area (Å²) in [7, 11) is 0. The first kappa shape index (κ1) is 15.1. The molecule has 1 unspecified atom stereocenters. The lowest BCUT2D eigenvalue weighted by Gasteiger charge is -2.21. The van der Waals surface area contributed by atoms with Crippen LogP contribution in [0, 0.1) is 18.6 Å². The molecule has 0 heterocycles. The molecule has 1 N–H and O–H groups in total. The topological polar surface area (TPSA) is 12.0 Å². The molecule has 0 aromatic heterocycles. The van der Waals surface area contributed by atoms with E-state index >= 15 is 0 Å². The van der Waals surface area contributed by atoms with Gasteiger partial charge in [0.1, 0.15) is 11.6 Å². The predicted molar refractivity (Wildman–Crippen MR) is 80.8 cm³/mol. The Morgan fingerprint density at radius 3 is 2.55 bits per heavy atom. The van der Waals surface area contributed by atoms with Gasteiger partial charge < -0.3 is 5.32 Å². The normalized spacial score (nSPS) is 12.4. The van der Waals surface area contributed by atoms with E-state index in [2.05, 4.69) is 21.2 Å². The van der Waals surface area contributed by atoms with Gasteiger partial charge in [-0.2, -0.15) is 0 Å². The van der Waals surface area contributed by atoms with E-state index in [0.29, 0.717) is 17.7 Å². The van der Waals surface area contributed by atoms with Crippen molar-refractivity contribution in [2.75, 3.05) is 6.54 Å². The van der Waals surface area contributed by atoms with E-state index in [1.54, 1.807) is 18.2 Å². The highest BCUT2D eigenvalue weighted by Crippen LogP contribution is 2.31. The van der Waals surface area contributed by atoms with Crippen molar-refractivity contribution in [3.63, 3.8) is 0 Å². The fraction of sp³-hybridized carbons (Fsp3) is 0.250. The molecular weight excluding hydrogens is 324 g/mol. The fourth-order valence-corrected chi connectivity index (χ4v) is 2.69. The second-order valence-electron chi connectivity index (χ2n) is 4.68. The zero-order valence-corrected chi connectivity index (χ0v) is 13.0. The molecule has 0 radical (unpaired) electrons. The van der Waals surface area contributed by atoms with Crippen LogP contribution in [-0.2, 0) is 0 Å². The first-order chi connectivity index (χ1) is 9.52. The van der Waals surface area contributed by atoms with Crippen LogP contribution in [0.25, 0.3) is 0 Å². The fourth-order valence-electron chi connectivity index (χ4n) is 2.21. The third kappa shape index (κ3) is 3.25. The minimum Gasteiger partial charge on any atom is -0.306 e. The third-order valence-corrected chi connectivity index (χ3v) is 3.86. The van der Waals surface area contributed by atoms with Gasteiger partial charge in [-0.1, -0.05) is 40.5 Å². The first-order valence-corrected chi connectivity index (χ1v) is 7.26. The summed E-state index contributed by atoms with van der Waals surface area (Å²) < 4.78 is 28.4. The van der Waals surface area contributed by atoms with E-state index in [1.807, 2.05) is 13.8 Å². The Balaban J connectivity index is 2.55. The summed E-state index contributed by atoms with van der Waals surface area (Å²) in [5.74, 6) is -0.628. The molecule has 0 bridgehead atoms. The molecule has 2 rings (SSSR count). The summed E-state index contributed by atoms with van der Waals surface area (Å²) in [5.41, 5.74) is 2.19. The maximum absolute atomic E-state index is 14.1. The van der Waals surface area contributed by atoms with Crippen LogP contribution in [0.3, 0.4) is 0 Å². The number of aryl methyl sites for hydroxylation is 1. The van der Waals surface area contributed by atoms with Crippen LogP contribution in [0.2, 0.25) is 0 Å². The van der Waals surface area contributed by atoms with Gasteiger partial charge in [-0.3, -0.25) is 0 Å². The van der Waals surface area contributed by atoms with Crippen LogP contribution in [-0.4, -0.2) is 6.54 Å². The quantitative estimate of drug-likeness (QED) is 0.848. The molecule has 0 saturated heterocycles. The molecule has 0 aliphatic heterocycles. The number of halogens is 3. The Hall–Kier alpha value is -1.26. The Bertz CT molecular complexity index is 562. The van der Waals surface area contributed by atoms with Gasteiger partial charge in [0, 0.05) is 10.0 Å². The standard InChI is InChI=1S/C16H16BrF2N/c1-3-20-16(12-9-11(18)5-6-14(12)17)13-8-10(2)4-7-15(13)19/h4-9,16,20H,3H2,1-2H3. The Morgan fingerprint density at radius 2 is 1.85 bits per heavy atom. The minimum atomic E-state index is -0.384. The molecule has 2 aromatic carbocycles. The highest BCUT2D eigenvalue weighted by molar-refractivity contribution is 9.10. The predicted octanol–water partition coefficient (Wildman–Crippen LogP) is 4.73. The Labute approximate surface area is 126 Å². The summed E-state index contributed by atoms with van der Waals surface area (Å²) >= 11 is 3.41. The van der Waals surface area contributed by atoms with Crippen molar-refractivity contribution in [3.05, 3.63) is 69.2 Å². The zero-order chi connectivity index (χ0) is 14.7. The van der Waals surface area contributed by atoms with Gasteiger partial charge in [0.05, 0.1) is 6.04 Å². The Morgan fingerprint density at radius 1 is 1.10 bits per heavy atom. The number of hydrogen-bond donors (Lipinski definition) is 1. The van der Waals surface area contributed by atoms with E-state index < -0.39 is 0 Å². The number of nitrogens with one attached hydrogen (secondary N) is 1. The molecule has 1 atom stereocenters. The van der Waals surface area contributed by atoms with Gasteiger partial charge in [0.25, 0.3) is 0 Å². The van der Waals surface area contributed by atoms with Gasteiger partial charge in [-0.25, -0.2) is 8.78 Å². The largest absolute Gasteiger partial charge is 0.306 e. The maximum Gasteiger partial charge on any atom is 0.128 e. The van der Waals surface area contributed by atoms with Gasteiger partial charge in [-0.05, 0) is 43.3 Å². The molecule has 2 aromatic rings. The second kappa shape index (κ2) is 6.46. The molecular formula is C16H16BrF2N. The smallest absolute Gasteiger partial charge is 0.128 e. The van der Waals surface area contributed by atoms with E-state index in [4.69, 9.17) is 0 Å². The highest BCUT2D eigenvalue weighted by Gasteiger charge is 2.20. The molecule has 0 spiro atoms. The lowest BCUT2D eigenvalue weighted by Crippen LogP contribution is -2.23. The van der Waals surface area contributed by atoms with Gasteiger partial charge >= 0.3 is 0 Å². The van der Waals surface area contributed by atoms with E-state index in [0.717, 1.165) is 10.0 Å². The van der Waals surface area contributed by atoms with Gasteiger partial charge in [-0.15, -0.1) is 0 Å². The van der Waals surface area contributed by atoms with Crippen molar-refractivity contribution >= 4 is 15.9 Å². The van der Waals surface area contributed by atoms with Crippen LogP contribution in [0.5, 0.6) is 0 Å². The average Bonchev–Trinajstić information content (AvgIpc) is 2.42. The first-order valence-electron chi connectivity index (χ1n) is 6.47. The second-order valence-corrected chi connectivity index (χ2v) is 5.54. The maximum atomic E-state index is 14.1. The van der Waals surface area contributed by atoms with E-state index in [-0.39, 0.29) is 17.7 Å². The highest BCUT2D eigenvalue weighted by atomic mass is 79.9. The van der Waals surface area contributed by atoms with Crippen LogP contribution < -0.4 is 5.32 Å². The number of rotatable bonds is 4. The molecule has 1 nitrogen and oxygen atoms in total. The molecule has 4 heteroatoms. The lowest BCUT2D eigenvalue weighted by molar-refractivity contribution is 0.553. The molecule has 0 aliphatic carbocycles. The number of hydrogen-bond acceptors (Lipinski definition) is 1. The Kier molecular flexibility index (Phi) is 4.89. The van der Waals surface area contributed by atoms with E-state index in [9.17, 15) is 8.78 Å². The summed E-state index contributed by atoms with van der Waals surface area (Å²) in [6.07, 6.45) is 0. The SMILES string of the molecule is CCNC(c1cc(C)ccc1F)c1cc(F)ccc1Br. The number of benzene rings is 2. The van der Waals surface area contributed by atoms with Gasteiger partial charge in [0.2, 0.25) is 0 Å². The summed E-state index contributed by atoms with van der Waals surface area (Å²) in [4.78, 5) is 0. The van der Waals surface area contributed by atoms with Crippen molar-refractivity contribution in [1.29, 1.82) is 0 Å². The van der Waals surface area contributed by atoms with Gasteiger partial charge in [0.15, 0.2) is 0 Å². The third-order valence-electron chi connectivity index (χ3n) is 3.14. The van der Waals surface area contributed by atoms with Crippen LogP contribution in [0.15, 0.2) is 40.9 Å². The van der Waals surface area contributed by atoms with Crippen molar-refractivity contribution in [2.24, 2.45) is 0 Å². The summed E-state index contributed by atoms with van der Waals surface area (Å²) in [5, 5.41) is 3.21. The molecule has 0 amide bonds. The molecule has 106 valence electrons. The van der Waals surface area contributed by atoms with Crippen molar-refractivity contribution in [1.82, 2.24) is 5.32 Å². The van der Waals surface area contributed by atoms with Crippen molar-refractivity contribution in [2.45, 2.75) is 19.9 Å². The van der Waals surface area contributed by atoms with Crippen molar-refractivity contribution < 1.29 is 8.78 Å². The molecule has 0 saturated carbocycles. The lowest BCUT2D eigenvalue weighted by atomic mass is 9.96. The monoisotopic (exact) mass is 339 g/mol. The molecule has 0 fully saturated rings. The summed E-state index contributed by atoms with van der Waals surface area (Å²) in [6, 6.07) is 9.03. The van der Waals surface area contributed by atoms with Crippen molar-refractivity contribution in [3.8, 4) is 0 Å². The van der Waals surface area contributed by atoms with E-state index in [1.165, 1.54) is 18.2 Å². The van der Waals surface area contributed by atoms with Crippen LogP contribution in [0.4, 0.5) is 8.78 Å².